The smallest absolute Gasteiger partial charge is 0.186 e. The Hall–Kier alpha value is -0.440. The van der Waals surface area contributed by atoms with E-state index in [2.05, 4.69) is 0 Å². The van der Waals surface area contributed by atoms with Gasteiger partial charge in [-0.2, -0.15) is 0 Å². The van der Waals surface area contributed by atoms with E-state index < -0.39 is 75.6 Å². The van der Waals surface area contributed by atoms with Crippen molar-refractivity contribution in [3.8, 4) is 0 Å². The van der Waals surface area contributed by atoms with Crippen LogP contribution in [-0.2, 0) is 14.2 Å². The largest absolute Gasteiger partial charge is 0.394 e. The highest BCUT2D eigenvalue weighted by atomic mass is 16.7. The van der Waals surface area contributed by atoms with Gasteiger partial charge in [0.2, 0.25) is 0 Å². The maximum atomic E-state index is 9.77. The van der Waals surface area contributed by atoms with Crippen LogP contribution in [0.25, 0.3) is 0 Å². The van der Waals surface area contributed by atoms with Crippen molar-refractivity contribution < 1.29 is 55.1 Å². The molecule has 0 aromatic rings. The predicted octanol–water partition coefficient (Wildman–Crippen LogP) is -4.12. The van der Waals surface area contributed by atoms with Crippen LogP contribution in [0.4, 0.5) is 0 Å². The van der Waals surface area contributed by atoms with Gasteiger partial charge in [-0.05, 0) is 13.8 Å². The van der Waals surface area contributed by atoms with Gasteiger partial charge in [-0.1, -0.05) is 0 Å². The van der Waals surface area contributed by atoms with E-state index in [9.17, 15) is 25.5 Å². The number of aliphatic hydroxyl groups excluding tert-OH is 8. The predicted molar refractivity (Wildman–Crippen MR) is 82.1 cm³/mol. The fourth-order valence-electron chi connectivity index (χ4n) is 1.74. The lowest BCUT2D eigenvalue weighted by Gasteiger charge is -2.33. The molecule has 11 heteroatoms. The fourth-order valence-corrected chi connectivity index (χ4v) is 1.74. The molecule has 152 valence electrons. The highest BCUT2D eigenvalue weighted by Crippen LogP contribution is 2.15. The first-order chi connectivity index (χ1) is 11.7. The maximum absolute atomic E-state index is 9.77. The highest BCUT2D eigenvalue weighted by Gasteiger charge is 2.32. The molecule has 0 aliphatic heterocycles. The molecule has 0 amide bonds. The second-order valence-electron chi connectivity index (χ2n) is 5.55. The number of hydrogen-bond acceptors (Lipinski definition) is 11. The molecule has 0 rings (SSSR count). The Bertz CT molecular complexity index is 330. The zero-order chi connectivity index (χ0) is 19.6. The third-order valence-corrected chi connectivity index (χ3v) is 3.41. The molecule has 0 fully saturated rings. The molecule has 11 nitrogen and oxygen atoms in total. The van der Waals surface area contributed by atoms with Crippen LogP contribution in [0.15, 0.2) is 0 Å². The van der Waals surface area contributed by atoms with E-state index in [0.717, 1.165) is 0 Å². The summed E-state index contributed by atoms with van der Waals surface area (Å²) < 4.78 is 15.6. The summed E-state index contributed by atoms with van der Waals surface area (Å²) in [6.07, 6.45) is -10.8. The van der Waals surface area contributed by atoms with Crippen LogP contribution in [0, 0.1) is 0 Å². The monoisotopic (exact) mass is 374 g/mol. The molecular weight excluding hydrogens is 344 g/mol. The molecule has 8 atom stereocenters. The summed E-state index contributed by atoms with van der Waals surface area (Å²) in [5.74, 6) is 0. The van der Waals surface area contributed by atoms with Crippen molar-refractivity contribution in [1.29, 1.82) is 0 Å². The van der Waals surface area contributed by atoms with E-state index in [0.29, 0.717) is 0 Å². The lowest BCUT2D eigenvalue weighted by molar-refractivity contribution is -0.283. The van der Waals surface area contributed by atoms with Crippen molar-refractivity contribution in [2.45, 2.75) is 63.1 Å². The van der Waals surface area contributed by atoms with E-state index in [1.807, 2.05) is 0 Å². The van der Waals surface area contributed by atoms with Crippen molar-refractivity contribution in [1.82, 2.24) is 0 Å². The Morgan fingerprint density at radius 2 is 1.16 bits per heavy atom. The quantitative estimate of drug-likeness (QED) is 0.138. The molecule has 0 heterocycles. The summed E-state index contributed by atoms with van der Waals surface area (Å²) >= 11 is 0. The van der Waals surface area contributed by atoms with Gasteiger partial charge >= 0.3 is 0 Å². The number of hydrogen-bond donors (Lipinski definition) is 8. The van der Waals surface area contributed by atoms with Gasteiger partial charge in [-0.3, -0.25) is 0 Å². The molecule has 2 unspecified atom stereocenters. The van der Waals surface area contributed by atoms with E-state index in [-0.39, 0.29) is 0 Å². The Balaban J connectivity index is 4.93. The Morgan fingerprint density at radius 3 is 1.56 bits per heavy atom. The molecule has 0 aromatic heterocycles. The van der Waals surface area contributed by atoms with Crippen LogP contribution in [0.5, 0.6) is 0 Å². The fraction of sp³-hybridized carbons (Fsp3) is 1.00. The molecule has 0 spiro atoms. The Morgan fingerprint density at radius 1 is 0.640 bits per heavy atom. The van der Waals surface area contributed by atoms with Crippen LogP contribution < -0.4 is 0 Å². The van der Waals surface area contributed by atoms with Gasteiger partial charge in [-0.15, -0.1) is 0 Å². The zero-order valence-electron chi connectivity index (χ0n) is 14.2. The van der Waals surface area contributed by atoms with Crippen molar-refractivity contribution in [3.63, 3.8) is 0 Å². The maximum Gasteiger partial charge on any atom is 0.186 e. The third kappa shape index (κ3) is 8.66. The van der Waals surface area contributed by atoms with Crippen LogP contribution >= 0.6 is 0 Å². The lowest BCUT2D eigenvalue weighted by Crippen LogP contribution is -2.47. The van der Waals surface area contributed by atoms with Crippen molar-refractivity contribution >= 4 is 0 Å². The van der Waals surface area contributed by atoms with Gasteiger partial charge in [0.05, 0.1) is 38.6 Å². The average Bonchev–Trinajstić information content (AvgIpc) is 2.60. The van der Waals surface area contributed by atoms with E-state index in [4.69, 9.17) is 29.5 Å². The average molecular weight is 374 g/mol. The van der Waals surface area contributed by atoms with Gasteiger partial charge in [0.1, 0.15) is 24.4 Å². The molecule has 8 N–H and O–H groups in total. The second-order valence-corrected chi connectivity index (χ2v) is 5.55. The first-order valence-electron chi connectivity index (χ1n) is 7.83. The summed E-state index contributed by atoms with van der Waals surface area (Å²) in [5, 5.41) is 74.4. The molecule has 0 aliphatic carbocycles. The second kappa shape index (κ2) is 12.8. The normalized spacial score (nSPS) is 21.8. The highest BCUT2D eigenvalue weighted by molar-refractivity contribution is 4.73. The van der Waals surface area contributed by atoms with Crippen molar-refractivity contribution in [2.75, 3.05) is 26.4 Å². The van der Waals surface area contributed by atoms with Crippen molar-refractivity contribution in [3.05, 3.63) is 0 Å². The first kappa shape index (κ1) is 24.6. The summed E-state index contributed by atoms with van der Waals surface area (Å²) in [7, 11) is 0. The molecule has 0 radical (unpaired) electrons. The molecule has 0 aromatic carbocycles. The molecular formula is C14H30O11. The third-order valence-electron chi connectivity index (χ3n) is 3.41. The van der Waals surface area contributed by atoms with Crippen LogP contribution in [-0.4, -0.2) is 116 Å². The zero-order valence-corrected chi connectivity index (χ0v) is 14.2. The van der Waals surface area contributed by atoms with Gasteiger partial charge in [0.25, 0.3) is 0 Å². The molecule has 0 aliphatic rings. The molecule has 25 heavy (non-hydrogen) atoms. The standard InChI is InChI=1S/C14H30O11/c1-7(19)11(5-17)25-14(10(21)4-16)23-8(2)12(6-18)24-13(22)9(20)3-15/h7-22H,3-6H2,1-2H3/t7-,8+,9+,10+,11?,12?,13-,14-/m1/s1. The topological polar surface area (TPSA) is 190 Å². The summed E-state index contributed by atoms with van der Waals surface area (Å²) in [5.41, 5.74) is 0. The van der Waals surface area contributed by atoms with E-state index >= 15 is 0 Å². The van der Waals surface area contributed by atoms with Crippen LogP contribution in [0.1, 0.15) is 13.8 Å². The minimum Gasteiger partial charge on any atom is -0.394 e. The Kier molecular flexibility index (Phi) is 12.6. The van der Waals surface area contributed by atoms with Crippen LogP contribution in [0.3, 0.4) is 0 Å². The SMILES string of the molecule is C[C@H](O[C@H](OC(CO)[C@@H](C)O)[C@@H](O)CO)C(CO)O[C@@H](O)[C@@H](O)CO. The summed E-state index contributed by atoms with van der Waals surface area (Å²) in [4.78, 5) is 0. The molecule has 0 saturated carbocycles. The van der Waals surface area contributed by atoms with Gasteiger partial charge in [0, 0.05) is 0 Å². The molecule has 0 bridgehead atoms. The van der Waals surface area contributed by atoms with E-state index in [1.54, 1.807) is 0 Å². The Labute approximate surface area is 145 Å². The first-order valence-corrected chi connectivity index (χ1v) is 7.83. The minimum atomic E-state index is -1.79. The summed E-state index contributed by atoms with van der Waals surface area (Å²) in [6.45, 7) is 0.0140. The number of ether oxygens (including phenoxy) is 3. The molecule has 0 saturated heterocycles. The van der Waals surface area contributed by atoms with Gasteiger partial charge in [-0.25, -0.2) is 0 Å². The minimum absolute atomic E-state index is 0.578. The van der Waals surface area contributed by atoms with Gasteiger partial charge in [0.15, 0.2) is 12.6 Å². The summed E-state index contributed by atoms with van der Waals surface area (Å²) in [6, 6.07) is 0. The van der Waals surface area contributed by atoms with Gasteiger partial charge < -0.3 is 55.1 Å². The van der Waals surface area contributed by atoms with E-state index in [1.165, 1.54) is 13.8 Å². The van der Waals surface area contributed by atoms with Crippen LogP contribution in [0.2, 0.25) is 0 Å². The van der Waals surface area contributed by atoms with Crippen molar-refractivity contribution in [2.24, 2.45) is 0 Å². The number of aliphatic hydroxyl groups is 8. The number of rotatable bonds is 14. The lowest BCUT2D eigenvalue weighted by atomic mass is 10.2.